The predicted molar refractivity (Wildman–Crippen MR) is 112 cm³/mol. The van der Waals surface area contributed by atoms with E-state index in [-0.39, 0.29) is 45.1 Å². The molecule has 7 N–H and O–H groups in total. The molecule has 0 aromatic heterocycles. The highest BCUT2D eigenvalue weighted by molar-refractivity contribution is 7.52. The summed E-state index contributed by atoms with van der Waals surface area (Å²) in [6, 6.07) is -1.46. The quantitative estimate of drug-likeness (QED) is 0.0773. The van der Waals surface area contributed by atoms with E-state index in [0.29, 0.717) is 19.8 Å². The van der Waals surface area contributed by atoms with Crippen LogP contribution >= 0.6 is 7.60 Å². The minimum atomic E-state index is -4.09. The van der Waals surface area contributed by atoms with Crippen molar-refractivity contribution in [2.24, 2.45) is 0 Å². The molecule has 14 heteroatoms. The van der Waals surface area contributed by atoms with Gasteiger partial charge in [0, 0.05) is 19.7 Å². The summed E-state index contributed by atoms with van der Waals surface area (Å²) in [5.74, 6) is -0.338. The fourth-order valence-electron chi connectivity index (χ4n) is 3.09. The Morgan fingerprint density at radius 1 is 1.09 bits per heavy atom. The molecule has 32 heavy (non-hydrogen) atoms. The molecule has 1 saturated heterocycles. The van der Waals surface area contributed by atoms with Crippen molar-refractivity contribution in [2.45, 2.75) is 43.2 Å². The Balaban J connectivity index is 2.11. The number of rotatable bonds is 18. The summed E-state index contributed by atoms with van der Waals surface area (Å²) < 4.78 is 32.2. The van der Waals surface area contributed by atoms with E-state index in [1.165, 1.54) is 0 Å². The van der Waals surface area contributed by atoms with Gasteiger partial charge < -0.3 is 54.7 Å². The zero-order chi connectivity index (χ0) is 24.0. The van der Waals surface area contributed by atoms with E-state index in [1.807, 2.05) is 0 Å². The van der Waals surface area contributed by atoms with Gasteiger partial charge in [-0.1, -0.05) is 0 Å². The van der Waals surface area contributed by atoms with Gasteiger partial charge in [-0.2, -0.15) is 0 Å². The van der Waals surface area contributed by atoms with Crippen LogP contribution < -0.4 is 10.6 Å². The first-order valence-corrected chi connectivity index (χ1v) is 12.2. The maximum Gasteiger partial charge on any atom is 0.330 e. The van der Waals surface area contributed by atoms with Crippen LogP contribution in [0.2, 0.25) is 0 Å². The number of carbonyl (C=O) groups excluding carboxylic acids is 1. The number of aliphatic hydroxyl groups excluding tert-OH is 4. The zero-order valence-corrected chi connectivity index (χ0v) is 19.2. The topological polar surface area (TPSA) is 196 Å². The van der Waals surface area contributed by atoms with Crippen molar-refractivity contribution in [3.05, 3.63) is 0 Å². The maximum absolute atomic E-state index is 12.1. The van der Waals surface area contributed by atoms with E-state index in [0.717, 1.165) is 0 Å². The monoisotopic (exact) mass is 488 g/mol. The lowest BCUT2D eigenvalue weighted by Crippen LogP contribution is -2.38. The summed E-state index contributed by atoms with van der Waals surface area (Å²) >= 11 is 0. The van der Waals surface area contributed by atoms with Crippen LogP contribution in [-0.2, 0) is 28.1 Å². The summed E-state index contributed by atoms with van der Waals surface area (Å²) in [4.78, 5) is 21.5. The lowest BCUT2D eigenvalue weighted by Gasteiger charge is -2.21. The van der Waals surface area contributed by atoms with E-state index in [1.54, 1.807) is 7.11 Å². The number of methoxy groups -OCH3 is 1. The number of amides is 1. The van der Waals surface area contributed by atoms with Gasteiger partial charge in [0.1, 0.15) is 6.61 Å². The average molecular weight is 488 g/mol. The average Bonchev–Trinajstić information content (AvgIpc) is 3.00. The first-order chi connectivity index (χ1) is 15.2. The molecule has 190 valence electrons. The van der Waals surface area contributed by atoms with Crippen LogP contribution in [0, 0.1) is 0 Å². The first-order valence-electron chi connectivity index (χ1n) is 10.5. The highest BCUT2D eigenvalue weighted by Crippen LogP contribution is 2.43. The Bertz CT molecular complexity index is 571. The van der Waals surface area contributed by atoms with Crippen molar-refractivity contribution in [2.75, 3.05) is 66.1 Å². The molecular formula is C18H37N2O11P. The highest BCUT2D eigenvalue weighted by atomic mass is 31.2. The van der Waals surface area contributed by atoms with Crippen molar-refractivity contribution in [1.82, 2.24) is 10.6 Å². The first kappa shape index (κ1) is 29.3. The van der Waals surface area contributed by atoms with Gasteiger partial charge in [-0.05, 0) is 12.8 Å². The fraction of sp³-hybridized carbons (Fsp3) is 0.944. The van der Waals surface area contributed by atoms with E-state index < -0.39 is 50.8 Å². The molecule has 0 aliphatic carbocycles. The van der Waals surface area contributed by atoms with E-state index >= 15 is 0 Å². The Kier molecular flexibility index (Phi) is 14.7. The summed E-state index contributed by atoms with van der Waals surface area (Å²) in [5.41, 5.74) is 0. The molecule has 0 aromatic rings. The Morgan fingerprint density at radius 3 is 2.41 bits per heavy atom. The van der Waals surface area contributed by atoms with Gasteiger partial charge in [0.05, 0.1) is 70.2 Å². The highest BCUT2D eigenvalue weighted by Gasteiger charge is 2.41. The number of nitrogens with one attached hydrogen (secondary N) is 2. The lowest BCUT2D eigenvalue weighted by molar-refractivity contribution is -0.126. The van der Waals surface area contributed by atoms with Crippen LogP contribution in [0.3, 0.4) is 0 Å². The van der Waals surface area contributed by atoms with Gasteiger partial charge in [-0.25, -0.2) is 0 Å². The minimum absolute atomic E-state index is 0.101. The summed E-state index contributed by atoms with van der Waals surface area (Å²) in [7, 11) is -2.52. The van der Waals surface area contributed by atoms with Gasteiger partial charge in [0.25, 0.3) is 0 Å². The number of aliphatic hydroxyl groups is 4. The second-order valence-corrected chi connectivity index (χ2v) is 9.35. The third-order valence-electron chi connectivity index (χ3n) is 4.74. The molecule has 0 spiro atoms. The summed E-state index contributed by atoms with van der Waals surface area (Å²) in [5, 5.41) is 44.2. The molecule has 1 aliphatic rings. The van der Waals surface area contributed by atoms with Crippen molar-refractivity contribution < 1.29 is 53.4 Å². The molecule has 1 amide bonds. The number of hydrogen-bond acceptors (Lipinski definition) is 11. The molecular weight excluding hydrogens is 451 g/mol. The SMILES string of the molecule is COCCOCCOCC(=O)NCCCOP(=O)(O)C[C@H](O)C[C@H]1N[C@H](CO)[C@@H](O)[C@@H]1O. The second kappa shape index (κ2) is 16.0. The van der Waals surface area contributed by atoms with Gasteiger partial charge in [-0.15, -0.1) is 0 Å². The van der Waals surface area contributed by atoms with Crippen LogP contribution in [0.5, 0.6) is 0 Å². The Labute approximate surface area is 187 Å². The second-order valence-electron chi connectivity index (χ2n) is 7.45. The third kappa shape index (κ3) is 12.0. The van der Waals surface area contributed by atoms with E-state index in [4.69, 9.17) is 23.8 Å². The molecule has 1 rings (SSSR count). The predicted octanol–water partition coefficient (Wildman–Crippen LogP) is -2.82. The summed E-state index contributed by atoms with van der Waals surface area (Å²) in [6.07, 6.45) is -4.04. The standard InChI is InChI=1S/C18H37N2O11P/c1-28-5-6-29-7-8-30-11-16(23)19-3-2-4-31-32(26,27)12-13(22)9-14-17(24)18(25)15(10-21)20-14/h13-15,17-18,20-22,24-25H,2-12H2,1H3,(H,19,23)(H,26,27)/t13-,14-,15-,17-,18-/m1/s1. The largest absolute Gasteiger partial charge is 0.395 e. The number of hydrogen-bond donors (Lipinski definition) is 7. The smallest absolute Gasteiger partial charge is 0.330 e. The van der Waals surface area contributed by atoms with Gasteiger partial charge >= 0.3 is 7.60 Å². The Morgan fingerprint density at radius 2 is 1.75 bits per heavy atom. The normalized spacial score (nSPS) is 26.1. The van der Waals surface area contributed by atoms with Gasteiger partial charge in [-0.3, -0.25) is 9.36 Å². The van der Waals surface area contributed by atoms with Crippen LogP contribution in [-0.4, -0.2) is 128 Å². The molecule has 1 unspecified atom stereocenters. The molecule has 13 nitrogen and oxygen atoms in total. The molecule has 1 fully saturated rings. The summed E-state index contributed by atoms with van der Waals surface area (Å²) in [6.45, 7) is 1.13. The lowest BCUT2D eigenvalue weighted by atomic mass is 10.0. The van der Waals surface area contributed by atoms with Gasteiger partial charge in [0.15, 0.2) is 0 Å². The zero-order valence-electron chi connectivity index (χ0n) is 18.3. The van der Waals surface area contributed by atoms with Crippen LogP contribution in [0.4, 0.5) is 0 Å². The molecule has 6 atom stereocenters. The van der Waals surface area contributed by atoms with Crippen molar-refractivity contribution >= 4 is 13.5 Å². The van der Waals surface area contributed by atoms with Crippen LogP contribution in [0.15, 0.2) is 0 Å². The van der Waals surface area contributed by atoms with Gasteiger partial charge in [0.2, 0.25) is 5.91 Å². The van der Waals surface area contributed by atoms with Crippen LogP contribution in [0.1, 0.15) is 12.8 Å². The number of ether oxygens (including phenoxy) is 3. The molecule has 1 heterocycles. The molecule has 1 aliphatic heterocycles. The Hall–Kier alpha value is -0.700. The van der Waals surface area contributed by atoms with E-state index in [9.17, 15) is 29.6 Å². The molecule has 0 radical (unpaired) electrons. The molecule has 0 aromatic carbocycles. The van der Waals surface area contributed by atoms with Crippen molar-refractivity contribution in [1.29, 1.82) is 0 Å². The van der Waals surface area contributed by atoms with Crippen LogP contribution in [0.25, 0.3) is 0 Å². The molecule has 0 bridgehead atoms. The van der Waals surface area contributed by atoms with E-state index in [2.05, 4.69) is 10.6 Å². The number of carbonyl (C=O) groups is 1. The van der Waals surface area contributed by atoms with Crippen molar-refractivity contribution in [3.63, 3.8) is 0 Å². The fourth-order valence-corrected chi connectivity index (χ4v) is 4.29. The minimum Gasteiger partial charge on any atom is -0.395 e. The molecule has 0 saturated carbocycles. The third-order valence-corrected chi connectivity index (χ3v) is 6.21. The maximum atomic E-state index is 12.1. The van der Waals surface area contributed by atoms with Crippen molar-refractivity contribution in [3.8, 4) is 0 Å².